The summed E-state index contributed by atoms with van der Waals surface area (Å²) in [6.07, 6.45) is 0.593. The molecule has 29 heavy (non-hydrogen) atoms. The molecule has 1 atom stereocenters. The third-order valence-corrected chi connectivity index (χ3v) is 4.48. The van der Waals surface area contributed by atoms with E-state index < -0.39 is 6.10 Å². The maximum absolute atomic E-state index is 12.6. The van der Waals surface area contributed by atoms with Gasteiger partial charge < -0.3 is 24.3 Å². The second kappa shape index (κ2) is 10.6. The summed E-state index contributed by atoms with van der Waals surface area (Å²) in [6, 6.07) is 20.1. The van der Waals surface area contributed by atoms with Gasteiger partial charge >= 0.3 is 0 Å². The van der Waals surface area contributed by atoms with Gasteiger partial charge in [0.2, 0.25) is 5.43 Å². The van der Waals surface area contributed by atoms with Crippen molar-refractivity contribution in [1.82, 2.24) is 4.57 Å². The van der Waals surface area contributed by atoms with E-state index in [1.54, 1.807) is 22.9 Å². The van der Waals surface area contributed by atoms with Crippen molar-refractivity contribution in [3.05, 3.63) is 100.0 Å². The van der Waals surface area contributed by atoms with Gasteiger partial charge in [-0.1, -0.05) is 60.7 Å². The van der Waals surface area contributed by atoms with Crippen LogP contribution in [0.15, 0.2) is 77.7 Å². The largest absolute Gasteiger partial charge is 0.483 e. The number of hydrogen-bond donors (Lipinski definition) is 2. The third-order valence-electron chi connectivity index (χ3n) is 4.48. The maximum atomic E-state index is 12.6. The first kappa shape index (κ1) is 20.8. The molecule has 0 aliphatic carbocycles. The standard InChI is InChI=1S/C23H25NO5/c25-14-16-28-15-13-24-12-11-20(26)23(29-17-18-7-3-1-4-8-18)21(24)22(27)19-9-5-2-6-10-19/h1-12,22,25,27H,13-17H2. The minimum atomic E-state index is -1.03. The second-order valence-electron chi connectivity index (χ2n) is 6.51. The lowest BCUT2D eigenvalue weighted by atomic mass is 10.0. The van der Waals surface area contributed by atoms with E-state index in [0.717, 1.165) is 5.56 Å². The number of aliphatic hydroxyl groups excluding tert-OH is 2. The Bertz CT molecular complexity index is 940. The van der Waals surface area contributed by atoms with Gasteiger partial charge in [-0.2, -0.15) is 0 Å². The number of hydrogen-bond acceptors (Lipinski definition) is 5. The van der Waals surface area contributed by atoms with Gasteiger partial charge in [0.05, 0.1) is 25.5 Å². The summed E-state index contributed by atoms with van der Waals surface area (Å²) >= 11 is 0. The van der Waals surface area contributed by atoms with Crippen molar-refractivity contribution in [3.63, 3.8) is 0 Å². The molecule has 1 aromatic heterocycles. The molecule has 0 aliphatic rings. The van der Waals surface area contributed by atoms with Crippen LogP contribution in [0.1, 0.15) is 22.9 Å². The molecule has 3 rings (SSSR count). The van der Waals surface area contributed by atoms with Crippen LogP contribution in [0.3, 0.4) is 0 Å². The highest BCUT2D eigenvalue weighted by Gasteiger charge is 2.22. The Morgan fingerprint density at radius 2 is 1.62 bits per heavy atom. The summed E-state index contributed by atoms with van der Waals surface area (Å²) in [4.78, 5) is 12.6. The van der Waals surface area contributed by atoms with Crippen LogP contribution in [-0.2, 0) is 17.9 Å². The summed E-state index contributed by atoms with van der Waals surface area (Å²) < 4.78 is 13.0. The van der Waals surface area contributed by atoms with E-state index in [4.69, 9.17) is 14.6 Å². The Hall–Kier alpha value is -2.93. The highest BCUT2D eigenvalue weighted by molar-refractivity contribution is 5.36. The first-order chi connectivity index (χ1) is 14.2. The lowest BCUT2D eigenvalue weighted by molar-refractivity contribution is 0.0849. The number of nitrogens with zero attached hydrogens (tertiary/aromatic N) is 1. The van der Waals surface area contributed by atoms with Crippen LogP contribution in [0, 0.1) is 0 Å². The van der Waals surface area contributed by atoms with Crippen LogP contribution in [0.2, 0.25) is 0 Å². The van der Waals surface area contributed by atoms with E-state index in [1.807, 2.05) is 48.5 Å². The highest BCUT2D eigenvalue weighted by atomic mass is 16.5. The Morgan fingerprint density at radius 1 is 0.931 bits per heavy atom. The van der Waals surface area contributed by atoms with Crippen molar-refractivity contribution in [2.45, 2.75) is 19.3 Å². The Kier molecular flexibility index (Phi) is 7.58. The summed E-state index contributed by atoms with van der Waals surface area (Å²) in [7, 11) is 0. The quantitative estimate of drug-likeness (QED) is 0.516. The molecule has 0 aliphatic heterocycles. The molecule has 0 saturated heterocycles. The fraction of sp³-hybridized carbons (Fsp3) is 0.261. The first-order valence-electron chi connectivity index (χ1n) is 9.52. The Balaban J connectivity index is 1.94. The average Bonchev–Trinajstić information content (AvgIpc) is 2.77. The van der Waals surface area contributed by atoms with E-state index in [2.05, 4.69) is 0 Å². The fourth-order valence-corrected chi connectivity index (χ4v) is 3.04. The topological polar surface area (TPSA) is 80.9 Å². The number of pyridine rings is 1. The Morgan fingerprint density at radius 3 is 2.31 bits per heavy atom. The number of rotatable bonds is 10. The molecule has 1 heterocycles. The molecule has 1 unspecified atom stereocenters. The monoisotopic (exact) mass is 395 g/mol. The normalized spacial score (nSPS) is 11.9. The van der Waals surface area contributed by atoms with Crippen LogP contribution < -0.4 is 10.2 Å². The van der Waals surface area contributed by atoms with Crippen LogP contribution in [0.5, 0.6) is 5.75 Å². The number of ether oxygens (including phenoxy) is 2. The van der Waals surface area contributed by atoms with Crippen molar-refractivity contribution in [2.75, 3.05) is 19.8 Å². The average molecular weight is 395 g/mol. The maximum Gasteiger partial charge on any atom is 0.223 e. The van der Waals surface area contributed by atoms with Gasteiger partial charge in [0.25, 0.3) is 0 Å². The molecule has 0 radical (unpaired) electrons. The van der Waals surface area contributed by atoms with Gasteiger partial charge in [-0.3, -0.25) is 4.79 Å². The molecule has 0 bridgehead atoms. The van der Waals surface area contributed by atoms with Crippen LogP contribution in [-0.4, -0.2) is 34.6 Å². The van der Waals surface area contributed by atoms with Crippen molar-refractivity contribution in [1.29, 1.82) is 0 Å². The van der Waals surface area contributed by atoms with Gasteiger partial charge in [-0.05, 0) is 11.1 Å². The molecular formula is C23H25NO5. The molecule has 0 fully saturated rings. The smallest absolute Gasteiger partial charge is 0.223 e. The Labute approximate surface area is 169 Å². The van der Waals surface area contributed by atoms with E-state index in [9.17, 15) is 9.90 Å². The number of benzene rings is 2. The lowest BCUT2D eigenvalue weighted by Gasteiger charge is -2.22. The van der Waals surface area contributed by atoms with Crippen LogP contribution >= 0.6 is 0 Å². The number of aromatic nitrogens is 1. The molecule has 2 aromatic carbocycles. The molecule has 0 spiro atoms. The zero-order valence-corrected chi connectivity index (χ0v) is 16.1. The van der Waals surface area contributed by atoms with Crippen LogP contribution in [0.4, 0.5) is 0 Å². The second-order valence-corrected chi connectivity index (χ2v) is 6.51. The lowest BCUT2D eigenvalue weighted by Crippen LogP contribution is -2.22. The zero-order chi connectivity index (χ0) is 20.5. The summed E-state index contributed by atoms with van der Waals surface area (Å²) in [6.45, 7) is 1.12. The third kappa shape index (κ3) is 5.54. The summed E-state index contributed by atoms with van der Waals surface area (Å²) in [5.41, 5.74) is 1.67. The number of aliphatic hydroxyl groups is 2. The van der Waals surface area contributed by atoms with Crippen molar-refractivity contribution in [3.8, 4) is 5.75 Å². The van der Waals surface area contributed by atoms with Crippen molar-refractivity contribution >= 4 is 0 Å². The molecule has 6 heteroatoms. The fourth-order valence-electron chi connectivity index (χ4n) is 3.04. The van der Waals surface area contributed by atoms with Crippen molar-refractivity contribution < 1.29 is 19.7 Å². The van der Waals surface area contributed by atoms with Gasteiger partial charge in [0.1, 0.15) is 12.7 Å². The van der Waals surface area contributed by atoms with E-state index in [-0.39, 0.29) is 31.0 Å². The molecule has 152 valence electrons. The SMILES string of the molecule is O=c1ccn(CCOCCO)c(C(O)c2ccccc2)c1OCc1ccccc1. The van der Waals surface area contributed by atoms with E-state index in [1.165, 1.54) is 6.07 Å². The predicted molar refractivity (Wildman–Crippen MR) is 110 cm³/mol. The summed E-state index contributed by atoms with van der Waals surface area (Å²) in [5.74, 6) is 0.120. The van der Waals surface area contributed by atoms with Gasteiger partial charge in [-0.15, -0.1) is 0 Å². The van der Waals surface area contributed by atoms with Gasteiger partial charge in [0.15, 0.2) is 5.75 Å². The summed E-state index contributed by atoms with van der Waals surface area (Å²) in [5, 5.41) is 19.9. The van der Waals surface area contributed by atoms with Gasteiger partial charge in [-0.25, -0.2) is 0 Å². The molecule has 0 amide bonds. The minimum absolute atomic E-state index is 0.0604. The van der Waals surface area contributed by atoms with Crippen molar-refractivity contribution in [2.24, 2.45) is 0 Å². The zero-order valence-electron chi connectivity index (χ0n) is 16.1. The van der Waals surface area contributed by atoms with Gasteiger partial charge in [0, 0.05) is 18.8 Å². The van der Waals surface area contributed by atoms with E-state index in [0.29, 0.717) is 24.4 Å². The molecule has 0 saturated carbocycles. The molecule has 2 N–H and O–H groups in total. The van der Waals surface area contributed by atoms with E-state index >= 15 is 0 Å². The molecule has 3 aromatic rings. The molecule has 6 nitrogen and oxygen atoms in total. The predicted octanol–water partition coefficient (Wildman–Crippen LogP) is 2.52. The molecular weight excluding hydrogens is 370 g/mol. The minimum Gasteiger partial charge on any atom is -0.483 e. The first-order valence-corrected chi connectivity index (χ1v) is 9.52. The van der Waals surface area contributed by atoms with Crippen LogP contribution in [0.25, 0.3) is 0 Å². The highest BCUT2D eigenvalue weighted by Crippen LogP contribution is 2.28.